The van der Waals surface area contributed by atoms with Crippen molar-refractivity contribution < 1.29 is 9.53 Å². The highest BCUT2D eigenvalue weighted by molar-refractivity contribution is 5.72. The van der Waals surface area contributed by atoms with E-state index in [4.69, 9.17) is 4.74 Å². The van der Waals surface area contributed by atoms with Gasteiger partial charge in [0.05, 0.1) is 6.54 Å². The summed E-state index contributed by atoms with van der Waals surface area (Å²) in [6.45, 7) is 6.67. The minimum atomic E-state index is -0.336. The predicted molar refractivity (Wildman–Crippen MR) is 76.9 cm³/mol. The smallest absolute Gasteiger partial charge is 0.320 e. The highest BCUT2D eigenvalue weighted by Gasteiger charge is 2.33. The van der Waals surface area contributed by atoms with Crippen molar-refractivity contribution in [2.24, 2.45) is 5.92 Å². The first-order valence-electron chi connectivity index (χ1n) is 7.67. The third-order valence-corrected chi connectivity index (χ3v) is 4.43. The maximum Gasteiger partial charge on any atom is 0.320 e. The molecule has 0 spiro atoms. The fraction of sp³-hybridized carbons (Fsp3) is 0.812. The van der Waals surface area contributed by atoms with Gasteiger partial charge in [0, 0.05) is 5.92 Å². The van der Waals surface area contributed by atoms with Gasteiger partial charge in [0.1, 0.15) is 5.60 Å². The molecule has 1 aliphatic heterocycles. The monoisotopic (exact) mass is 265 g/mol. The molecule has 1 heterocycles. The summed E-state index contributed by atoms with van der Waals surface area (Å²) >= 11 is 0. The Morgan fingerprint density at radius 2 is 2.00 bits per heavy atom. The van der Waals surface area contributed by atoms with E-state index < -0.39 is 0 Å². The topological polar surface area (TPSA) is 29.5 Å². The third-order valence-electron chi connectivity index (χ3n) is 4.43. The number of nitrogens with zero attached hydrogens (tertiary/aromatic N) is 1. The molecule has 1 atom stereocenters. The maximum absolute atomic E-state index is 12.1. The summed E-state index contributed by atoms with van der Waals surface area (Å²) in [5, 5.41) is 0. The fourth-order valence-corrected chi connectivity index (χ4v) is 3.13. The van der Waals surface area contributed by atoms with Gasteiger partial charge in [-0.1, -0.05) is 18.6 Å². The SMILES string of the molecule is CC(C)(OC(=O)CN1CCCCC1)C1CC=CCC1. The number of ether oxygens (including phenoxy) is 1. The second-order valence-corrected chi connectivity index (χ2v) is 6.40. The van der Waals surface area contributed by atoms with Crippen LogP contribution in [-0.2, 0) is 9.53 Å². The van der Waals surface area contributed by atoms with Gasteiger partial charge in [-0.15, -0.1) is 0 Å². The van der Waals surface area contributed by atoms with Crippen LogP contribution in [0, 0.1) is 5.92 Å². The van der Waals surface area contributed by atoms with E-state index in [1.807, 2.05) is 0 Å². The molecule has 0 N–H and O–H groups in total. The number of rotatable bonds is 4. The standard InChI is InChI=1S/C16H27NO2/c1-16(2,14-9-5-3-6-10-14)19-15(18)13-17-11-7-4-8-12-17/h3,5,14H,4,6-13H2,1-2H3. The van der Waals surface area contributed by atoms with Gasteiger partial charge in [-0.2, -0.15) is 0 Å². The first-order chi connectivity index (χ1) is 9.08. The summed E-state index contributed by atoms with van der Waals surface area (Å²) in [5.74, 6) is 0.407. The lowest BCUT2D eigenvalue weighted by atomic mass is 9.81. The molecule has 3 nitrogen and oxygen atoms in total. The molecule has 0 aromatic carbocycles. The Morgan fingerprint density at radius 3 is 2.63 bits per heavy atom. The van der Waals surface area contributed by atoms with Gasteiger partial charge in [-0.05, 0) is 59.0 Å². The van der Waals surface area contributed by atoms with E-state index in [9.17, 15) is 4.79 Å². The number of carbonyl (C=O) groups excluding carboxylic acids is 1. The first kappa shape index (κ1) is 14.6. The minimum absolute atomic E-state index is 0.0542. The molecule has 19 heavy (non-hydrogen) atoms. The summed E-state index contributed by atoms with van der Waals surface area (Å²) in [6, 6.07) is 0. The molecule has 2 rings (SSSR count). The van der Waals surface area contributed by atoms with Crippen molar-refractivity contribution in [1.29, 1.82) is 0 Å². The van der Waals surface area contributed by atoms with Crippen LogP contribution in [0.15, 0.2) is 12.2 Å². The quantitative estimate of drug-likeness (QED) is 0.577. The van der Waals surface area contributed by atoms with Gasteiger partial charge in [-0.25, -0.2) is 0 Å². The van der Waals surface area contributed by atoms with Crippen molar-refractivity contribution in [3.63, 3.8) is 0 Å². The number of likely N-dealkylation sites (tertiary alicyclic amines) is 1. The van der Waals surface area contributed by atoms with Crippen LogP contribution in [0.5, 0.6) is 0 Å². The lowest BCUT2D eigenvalue weighted by molar-refractivity contribution is -0.163. The van der Waals surface area contributed by atoms with Gasteiger partial charge >= 0.3 is 5.97 Å². The van der Waals surface area contributed by atoms with Crippen LogP contribution in [0.4, 0.5) is 0 Å². The van der Waals surface area contributed by atoms with Gasteiger partial charge in [-0.3, -0.25) is 9.69 Å². The summed E-state index contributed by atoms with van der Waals surface area (Å²) in [5.41, 5.74) is -0.336. The average Bonchev–Trinajstić information content (AvgIpc) is 2.40. The van der Waals surface area contributed by atoms with Crippen molar-refractivity contribution in [3.8, 4) is 0 Å². The van der Waals surface area contributed by atoms with E-state index in [0.717, 1.165) is 32.4 Å². The summed E-state index contributed by atoms with van der Waals surface area (Å²) in [4.78, 5) is 14.3. The van der Waals surface area contributed by atoms with E-state index in [0.29, 0.717) is 12.5 Å². The Labute approximate surface area is 117 Å². The highest BCUT2D eigenvalue weighted by atomic mass is 16.6. The Hall–Kier alpha value is -0.830. The highest BCUT2D eigenvalue weighted by Crippen LogP contribution is 2.32. The van der Waals surface area contributed by atoms with Gasteiger partial charge < -0.3 is 4.74 Å². The van der Waals surface area contributed by atoms with Gasteiger partial charge in [0.2, 0.25) is 0 Å². The molecular weight excluding hydrogens is 238 g/mol. The van der Waals surface area contributed by atoms with Crippen molar-refractivity contribution in [2.45, 2.75) is 58.0 Å². The lowest BCUT2D eigenvalue weighted by Gasteiger charge is -2.36. The molecule has 1 aliphatic carbocycles. The second kappa shape index (κ2) is 6.56. The molecule has 3 heteroatoms. The minimum Gasteiger partial charge on any atom is -0.458 e. The normalized spacial score (nSPS) is 25.3. The van der Waals surface area contributed by atoms with Crippen LogP contribution in [0.25, 0.3) is 0 Å². The molecule has 1 saturated heterocycles. The van der Waals surface area contributed by atoms with Crippen LogP contribution >= 0.6 is 0 Å². The number of hydrogen-bond acceptors (Lipinski definition) is 3. The lowest BCUT2D eigenvalue weighted by Crippen LogP contribution is -2.42. The fourth-order valence-electron chi connectivity index (χ4n) is 3.13. The molecule has 0 aromatic heterocycles. The zero-order valence-electron chi connectivity index (χ0n) is 12.4. The Morgan fingerprint density at radius 1 is 1.26 bits per heavy atom. The van der Waals surface area contributed by atoms with Crippen molar-refractivity contribution >= 4 is 5.97 Å². The zero-order valence-corrected chi connectivity index (χ0v) is 12.4. The summed E-state index contributed by atoms with van der Waals surface area (Å²) in [7, 11) is 0. The van der Waals surface area contributed by atoms with Gasteiger partial charge in [0.25, 0.3) is 0 Å². The molecule has 1 unspecified atom stereocenters. The van der Waals surface area contributed by atoms with E-state index >= 15 is 0 Å². The number of piperidine rings is 1. The second-order valence-electron chi connectivity index (χ2n) is 6.40. The molecule has 0 radical (unpaired) electrons. The molecule has 0 bridgehead atoms. The van der Waals surface area contributed by atoms with Crippen LogP contribution in [-0.4, -0.2) is 36.1 Å². The molecular formula is C16H27NO2. The number of allylic oxidation sites excluding steroid dienone is 2. The predicted octanol–water partition coefficient (Wildman–Crippen LogP) is 3.15. The molecule has 0 amide bonds. The molecule has 2 aliphatic rings. The average molecular weight is 265 g/mol. The van der Waals surface area contributed by atoms with E-state index in [-0.39, 0.29) is 11.6 Å². The van der Waals surface area contributed by atoms with Gasteiger partial charge in [0.15, 0.2) is 0 Å². The van der Waals surface area contributed by atoms with Crippen molar-refractivity contribution in [1.82, 2.24) is 4.90 Å². The van der Waals surface area contributed by atoms with Crippen LogP contribution < -0.4 is 0 Å². The number of esters is 1. The molecule has 0 aromatic rings. The largest absolute Gasteiger partial charge is 0.458 e. The first-order valence-corrected chi connectivity index (χ1v) is 7.67. The third kappa shape index (κ3) is 4.34. The van der Waals surface area contributed by atoms with E-state index in [2.05, 4.69) is 30.9 Å². The maximum atomic E-state index is 12.1. The number of carbonyl (C=O) groups is 1. The van der Waals surface area contributed by atoms with Crippen LogP contribution in [0.3, 0.4) is 0 Å². The zero-order chi connectivity index (χ0) is 13.7. The van der Waals surface area contributed by atoms with Crippen molar-refractivity contribution in [2.75, 3.05) is 19.6 Å². The Bertz CT molecular complexity index is 330. The summed E-state index contributed by atoms with van der Waals surface area (Å²) < 4.78 is 5.77. The van der Waals surface area contributed by atoms with E-state index in [1.54, 1.807) is 0 Å². The van der Waals surface area contributed by atoms with Crippen molar-refractivity contribution in [3.05, 3.63) is 12.2 Å². The van der Waals surface area contributed by atoms with Crippen LogP contribution in [0.2, 0.25) is 0 Å². The Kier molecular flexibility index (Phi) is 5.03. The van der Waals surface area contributed by atoms with E-state index in [1.165, 1.54) is 19.3 Å². The molecule has 108 valence electrons. The number of hydrogen-bond donors (Lipinski definition) is 0. The van der Waals surface area contributed by atoms with Crippen LogP contribution in [0.1, 0.15) is 52.4 Å². The Balaban J connectivity index is 1.80. The summed E-state index contributed by atoms with van der Waals surface area (Å²) in [6.07, 6.45) is 11.4. The molecule has 0 saturated carbocycles. The molecule has 1 fully saturated rings.